The van der Waals surface area contributed by atoms with Gasteiger partial charge in [-0.2, -0.15) is 0 Å². The van der Waals surface area contributed by atoms with Crippen molar-refractivity contribution >= 4 is 22.8 Å². The van der Waals surface area contributed by atoms with E-state index in [4.69, 9.17) is 21.1 Å². The minimum absolute atomic E-state index is 0.0323. The molecule has 0 spiro atoms. The van der Waals surface area contributed by atoms with Crippen LogP contribution in [0.5, 0.6) is 0 Å². The molecule has 2 saturated carbocycles. The van der Waals surface area contributed by atoms with E-state index >= 15 is 0 Å². The first kappa shape index (κ1) is 14.1. The van der Waals surface area contributed by atoms with Gasteiger partial charge in [0.25, 0.3) is 0 Å². The zero-order chi connectivity index (χ0) is 16.0. The summed E-state index contributed by atoms with van der Waals surface area (Å²) in [4.78, 5) is 12.7. The lowest BCUT2D eigenvalue weighted by Gasteiger charge is -2.24. The number of aromatic nitrogens is 4. The van der Waals surface area contributed by atoms with Gasteiger partial charge in [0.2, 0.25) is 0 Å². The van der Waals surface area contributed by atoms with Crippen LogP contribution in [0, 0.1) is 11.3 Å². The normalized spacial score (nSPS) is 40.3. The summed E-state index contributed by atoms with van der Waals surface area (Å²) < 4.78 is 14.3. The fourth-order valence-corrected chi connectivity index (χ4v) is 4.69. The Labute approximate surface area is 137 Å². The van der Waals surface area contributed by atoms with E-state index in [1.807, 2.05) is 18.4 Å². The van der Waals surface area contributed by atoms with E-state index in [0.29, 0.717) is 22.2 Å². The van der Waals surface area contributed by atoms with E-state index in [2.05, 4.69) is 15.0 Å². The number of ether oxygens (including phenoxy) is 2. The van der Waals surface area contributed by atoms with E-state index in [9.17, 15) is 5.11 Å². The Hall–Kier alpha value is -1.28. The molecule has 0 radical (unpaired) electrons. The van der Waals surface area contributed by atoms with Crippen molar-refractivity contribution in [3.63, 3.8) is 0 Å². The molecule has 0 aromatic carbocycles. The lowest BCUT2D eigenvalue weighted by Crippen LogP contribution is -2.33. The minimum atomic E-state index is -0.647. The number of rotatable bonds is 2. The molecule has 1 saturated heterocycles. The van der Waals surface area contributed by atoms with Gasteiger partial charge in [-0.1, -0.05) is 11.6 Å². The van der Waals surface area contributed by atoms with E-state index in [0.717, 1.165) is 6.42 Å². The monoisotopic (exact) mass is 336 g/mol. The molecule has 1 unspecified atom stereocenters. The maximum absolute atomic E-state index is 9.95. The summed E-state index contributed by atoms with van der Waals surface area (Å²) in [6, 6.07) is 0.0323. The molecule has 1 N–H and O–H groups in total. The maximum atomic E-state index is 9.95. The van der Waals surface area contributed by atoms with E-state index in [1.165, 1.54) is 6.33 Å². The van der Waals surface area contributed by atoms with Gasteiger partial charge < -0.3 is 19.1 Å². The SMILES string of the molecule is CC1(C)O[C@H]2[C@H](n3cnc4c(Cl)ncnc43)C3C[C@@]3(CO)[C@H]2O1. The highest BCUT2D eigenvalue weighted by Gasteiger charge is 2.75. The lowest BCUT2D eigenvalue weighted by molar-refractivity contribution is -0.163. The molecule has 23 heavy (non-hydrogen) atoms. The molecule has 2 aromatic rings. The molecule has 8 heteroatoms. The molecule has 122 valence electrons. The van der Waals surface area contributed by atoms with Crippen LogP contribution in [-0.2, 0) is 9.47 Å². The summed E-state index contributed by atoms with van der Waals surface area (Å²) in [6.45, 7) is 3.93. The zero-order valence-electron chi connectivity index (χ0n) is 12.8. The van der Waals surface area contributed by atoms with Gasteiger partial charge in [-0.15, -0.1) is 0 Å². The minimum Gasteiger partial charge on any atom is -0.396 e. The van der Waals surface area contributed by atoms with Crippen molar-refractivity contribution in [1.29, 1.82) is 0 Å². The van der Waals surface area contributed by atoms with Gasteiger partial charge in [-0.05, 0) is 26.2 Å². The molecule has 2 aliphatic carbocycles. The summed E-state index contributed by atoms with van der Waals surface area (Å²) in [5, 5.41) is 10.3. The summed E-state index contributed by atoms with van der Waals surface area (Å²) >= 11 is 6.11. The molecule has 5 rings (SSSR count). The van der Waals surface area contributed by atoms with Crippen LogP contribution < -0.4 is 0 Å². The molecular formula is C15H17ClN4O3. The molecule has 5 atom stereocenters. The smallest absolute Gasteiger partial charge is 0.165 e. The molecule has 1 aliphatic heterocycles. The number of imidazole rings is 1. The largest absolute Gasteiger partial charge is 0.396 e. The number of aliphatic hydroxyl groups excluding tert-OH is 1. The van der Waals surface area contributed by atoms with Crippen molar-refractivity contribution in [2.45, 2.75) is 44.3 Å². The standard InChI is InChI=1S/C15H17ClN4O3/c1-14(2)22-10-9(7-3-15(7,4-21)11(10)23-14)20-6-19-8-12(16)17-5-18-13(8)20/h5-7,9-11,21H,3-4H2,1-2H3/t7?,9-,10+,11+,15+/m1/s1. The highest BCUT2D eigenvalue weighted by molar-refractivity contribution is 6.33. The number of nitrogens with zero attached hydrogens (tertiary/aromatic N) is 4. The zero-order valence-corrected chi connectivity index (χ0v) is 13.6. The second kappa shape index (κ2) is 4.22. The van der Waals surface area contributed by atoms with Crippen LogP contribution in [0.4, 0.5) is 0 Å². The Kier molecular flexibility index (Phi) is 2.58. The molecular weight excluding hydrogens is 320 g/mol. The van der Waals surface area contributed by atoms with Crippen LogP contribution >= 0.6 is 11.6 Å². The third-order valence-electron chi connectivity index (χ3n) is 5.55. The number of halogens is 1. The number of aliphatic hydroxyl groups is 1. The third kappa shape index (κ3) is 1.68. The van der Waals surface area contributed by atoms with Crippen molar-refractivity contribution in [2.75, 3.05) is 6.61 Å². The van der Waals surface area contributed by atoms with Gasteiger partial charge in [0, 0.05) is 5.41 Å². The van der Waals surface area contributed by atoms with Gasteiger partial charge in [0.1, 0.15) is 17.9 Å². The molecule has 7 nitrogen and oxygen atoms in total. The summed E-state index contributed by atoms with van der Waals surface area (Å²) in [5.41, 5.74) is 1.07. The summed E-state index contributed by atoms with van der Waals surface area (Å²) in [5.74, 6) is -0.350. The molecule has 3 heterocycles. The fourth-order valence-electron chi connectivity index (χ4n) is 4.52. The van der Waals surface area contributed by atoms with Gasteiger partial charge in [-0.25, -0.2) is 15.0 Å². The second-order valence-electron chi connectivity index (χ2n) is 7.20. The first-order valence-electron chi connectivity index (χ1n) is 7.76. The third-order valence-corrected chi connectivity index (χ3v) is 5.83. The number of hydrogen-bond acceptors (Lipinski definition) is 6. The quantitative estimate of drug-likeness (QED) is 0.838. The Morgan fingerprint density at radius 3 is 2.96 bits per heavy atom. The van der Waals surface area contributed by atoms with Crippen LogP contribution in [0.25, 0.3) is 11.2 Å². The van der Waals surface area contributed by atoms with Crippen LogP contribution in [0.15, 0.2) is 12.7 Å². The lowest BCUT2D eigenvalue weighted by atomic mass is 10.0. The van der Waals surface area contributed by atoms with Crippen molar-refractivity contribution in [3.05, 3.63) is 17.8 Å². The fraction of sp³-hybridized carbons (Fsp3) is 0.667. The Morgan fingerprint density at radius 2 is 2.17 bits per heavy atom. The topological polar surface area (TPSA) is 82.3 Å². The van der Waals surface area contributed by atoms with Crippen molar-refractivity contribution in [3.8, 4) is 0 Å². The summed E-state index contributed by atoms with van der Waals surface area (Å²) in [6.07, 6.45) is 3.88. The van der Waals surface area contributed by atoms with Gasteiger partial charge in [0.05, 0.1) is 25.1 Å². The van der Waals surface area contributed by atoms with Gasteiger partial charge in [-0.3, -0.25) is 0 Å². The second-order valence-corrected chi connectivity index (χ2v) is 7.56. The van der Waals surface area contributed by atoms with E-state index < -0.39 is 5.79 Å². The molecule has 3 fully saturated rings. The highest BCUT2D eigenvalue weighted by atomic mass is 35.5. The average Bonchev–Trinajstić information content (AvgIpc) is 2.78. The van der Waals surface area contributed by atoms with Crippen LogP contribution in [-0.4, -0.2) is 49.2 Å². The molecule has 0 amide bonds. The van der Waals surface area contributed by atoms with Crippen molar-refractivity contribution < 1.29 is 14.6 Å². The predicted octanol–water partition coefficient (Wildman–Crippen LogP) is 1.55. The first-order chi connectivity index (χ1) is 11.0. The maximum Gasteiger partial charge on any atom is 0.165 e. The molecule has 2 aromatic heterocycles. The Balaban J connectivity index is 1.64. The first-order valence-corrected chi connectivity index (χ1v) is 8.14. The Morgan fingerprint density at radius 1 is 1.35 bits per heavy atom. The highest BCUT2D eigenvalue weighted by Crippen LogP contribution is 2.71. The average molecular weight is 337 g/mol. The van der Waals surface area contributed by atoms with E-state index in [1.54, 1.807) is 6.33 Å². The number of fused-ring (bicyclic) bond motifs is 4. The van der Waals surface area contributed by atoms with Crippen molar-refractivity contribution in [1.82, 2.24) is 19.5 Å². The van der Waals surface area contributed by atoms with Gasteiger partial charge >= 0.3 is 0 Å². The summed E-state index contributed by atoms with van der Waals surface area (Å²) in [7, 11) is 0. The Bertz CT molecular complexity index is 809. The molecule has 3 aliphatic rings. The van der Waals surface area contributed by atoms with Crippen LogP contribution in [0.1, 0.15) is 26.3 Å². The van der Waals surface area contributed by atoms with Crippen LogP contribution in [0.3, 0.4) is 0 Å². The predicted molar refractivity (Wildman–Crippen MR) is 80.8 cm³/mol. The number of hydrogen-bond donors (Lipinski definition) is 1. The van der Waals surface area contributed by atoms with Gasteiger partial charge in [0.15, 0.2) is 16.6 Å². The molecule has 0 bridgehead atoms. The van der Waals surface area contributed by atoms with Crippen molar-refractivity contribution in [2.24, 2.45) is 11.3 Å². The van der Waals surface area contributed by atoms with E-state index in [-0.39, 0.29) is 30.3 Å². The van der Waals surface area contributed by atoms with Crippen LogP contribution in [0.2, 0.25) is 5.15 Å².